The van der Waals surface area contributed by atoms with E-state index in [4.69, 9.17) is 26.2 Å². The Kier molecular flexibility index (Phi) is 5.78. The molecule has 0 aromatic heterocycles. The minimum atomic E-state index is -0.376. The van der Waals surface area contributed by atoms with Crippen molar-refractivity contribution in [3.63, 3.8) is 0 Å². The SMILES string of the molecule is CO[C@@]12CC[C@@H](OCCO)C[C@@H]1N(Cc1ccc(Cl)c(F)c1)CC2. The third-order valence-electron chi connectivity index (χ3n) is 5.47. The number of nitrogens with zero attached hydrogens (tertiary/aromatic N) is 1. The summed E-state index contributed by atoms with van der Waals surface area (Å²) in [4.78, 5) is 2.36. The van der Waals surface area contributed by atoms with Gasteiger partial charge in [0.05, 0.1) is 29.9 Å². The van der Waals surface area contributed by atoms with Crippen molar-refractivity contribution in [1.29, 1.82) is 0 Å². The number of halogens is 2. The lowest BCUT2D eigenvalue weighted by atomic mass is 9.79. The molecule has 0 unspecified atom stereocenters. The van der Waals surface area contributed by atoms with Crippen molar-refractivity contribution in [1.82, 2.24) is 4.90 Å². The van der Waals surface area contributed by atoms with Crippen LogP contribution in [0.2, 0.25) is 5.02 Å². The zero-order valence-electron chi connectivity index (χ0n) is 14.0. The number of benzene rings is 1. The number of rotatable bonds is 6. The average Bonchev–Trinajstić information content (AvgIpc) is 2.95. The van der Waals surface area contributed by atoms with Crippen LogP contribution in [-0.4, -0.2) is 54.6 Å². The molecule has 3 rings (SSSR count). The van der Waals surface area contributed by atoms with Gasteiger partial charge in [-0.3, -0.25) is 4.90 Å². The topological polar surface area (TPSA) is 41.9 Å². The van der Waals surface area contributed by atoms with Crippen molar-refractivity contribution in [3.05, 3.63) is 34.6 Å². The molecule has 6 heteroatoms. The molecule has 3 atom stereocenters. The van der Waals surface area contributed by atoms with Gasteiger partial charge in [0.2, 0.25) is 0 Å². The van der Waals surface area contributed by atoms with Gasteiger partial charge in [-0.05, 0) is 43.4 Å². The van der Waals surface area contributed by atoms with Gasteiger partial charge in [0.15, 0.2) is 0 Å². The lowest BCUT2D eigenvalue weighted by molar-refractivity contribution is -0.104. The molecule has 0 bridgehead atoms. The van der Waals surface area contributed by atoms with Crippen LogP contribution in [-0.2, 0) is 16.0 Å². The summed E-state index contributed by atoms with van der Waals surface area (Å²) in [5.74, 6) is -0.376. The predicted molar refractivity (Wildman–Crippen MR) is 90.6 cm³/mol. The van der Waals surface area contributed by atoms with E-state index in [0.29, 0.717) is 13.2 Å². The molecule has 2 aliphatic rings. The van der Waals surface area contributed by atoms with Gasteiger partial charge in [0.25, 0.3) is 0 Å². The standard InChI is InChI=1S/C18H25ClFNO3/c1-23-18-5-4-14(24-9-8-22)11-17(18)21(7-6-18)12-13-2-3-15(19)16(20)10-13/h2-3,10,14,17,22H,4-9,11-12H2,1H3/t14-,17+,18-/m1/s1. The molecule has 24 heavy (non-hydrogen) atoms. The van der Waals surface area contributed by atoms with Crippen LogP contribution in [0.1, 0.15) is 31.2 Å². The summed E-state index contributed by atoms with van der Waals surface area (Å²) < 4.78 is 25.4. The van der Waals surface area contributed by atoms with Gasteiger partial charge < -0.3 is 14.6 Å². The Labute approximate surface area is 147 Å². The summed E-state index contributed by atoms with van der Waals surface area (Å²) in [5.41, 5.74) is 0.784. The number of methoxy groups -OCH3 is 1. The number of aliphatic hydroxyl groups is 1. The second-order valence-corrected chi connectivity index (χ2v) is 7.15. The molecule has 134 valence electrons. The summed E-state index contributed by atoms with van der Waals surface area (Å²) >= 11 is 5.77. The molecule has 1 aliphatic heterocycles. The van der Waals surface area contributed by atoms with Crippen molar-refractivity contribution in [3.8, 4) is 0 Å². The Bertz CT molecular complexity index is 573. The van der Waals surface area contributed by atoms with E-state index in [1.165, 1.54) is 6.07 Å². The summed E-state index contributed by atoms with van der Waals surface area (Å²) in [7, 11) is 1.79. The molecule has 2 fully saturated rings. The molecular weight excluding hydrogens is 333 g/mol. The molecule has 1 saturated carbocycles. The molecule has 4 nitrogen and oxygen atoms in total. The third kappa shape index (κ3) is 3.60. The van der Waals surface area contributed by atoms with E-state index in [0.717, 1.165) is 37.8 Å². The van der Waals surface area contributed by atoms with Crippen LogP contribution >= 0.6 is 11.6 Å². The fourth-order valence-corrected chi connectivity index (χ4v) is 4.31. The number of fused-ring (bicyclic) bond motifs is 1. The first kappa shape index (κ1) is 18.1. The minimum Gasteiger partial charge on any atom is -0.394 e. The maximum Gasteiger partial charge on any atom is 0.142 e. The van der Waals surface area contributed by atoms with Crippen molar-refractivity contribution in [2.75, 3.05) is 26.9 Å². The second-order valence-electron chi connectivity index (χ2n) is 6.74. The van der Waals surface area contributed by atoms with Crippen LogP contribution in [0.15, 0.2) is 18.2 Å². The van der Waals surface area contributed by atoms with Crippen molar-refractivity contribution in [2.45, 2.75) is 50.0 Å². The van der Waals surface area contributed by atoms with E-state index in [1.807, 2.05) is 6.07 Å². The molecule has 0 radical (unpaired) electrons. The number of hydrogen-bond acceptors (Lipinski definition) is 4. The molecule has 1 heterocycles. The highest BCUT2D eigenvalue weighted by Gasteiger charge is 2.51. The lowest BCUT2D eigenvalue weighted by Crippen LogP contribution is -2.51. The molecule has 0 amide bonds. The Morgan fingerprint density at radius 1 is 1.42 bits per heavy atom. The van der Waals surface area contributed by atoms with Gasteiger partial charge in [-0.25, -0.2) is 4.39 Å². The number of likely N-dealkylation sites (tertiary alicyclic amines) is 1. The van der Waals surface area contributed by atoms with E-state index in [-0.39, 0.29) is 35.2 Å². The van der Waals surface area contributed by atoms with Gasteiger partial charge in [0.1, 0.15) is 5.82 Å². The fourth-order valence-electron chi connectivity index (χ4n) is 4.19. The Balaban J connectivity index is 1.72. The van der Waals surface area contributed by atoms with E-state index in [2.05, 4.69) is 4.90 Å². The molecule has 1 aromatic rings. The normalized spacial score (nSPS) is 30.5. The summed E-state index contributed by atoms with van der Waals surface area (Å²) in [6.45, 7) is 2.02. The van der Waals surface area contributed by atoms with Gasteiger partial charge in [-0.15, -0.1) is 0 Å². The van der Waals surface area contributed by atoms with E-state index in [9.17, 15) is 4.39 Å². The lowest BCUT2D eigenvalue weighted by Gasteiger charge is -2.43. The van der Waals surface area contributed by atoms with Gasteiger partial charge in [0, 0.05) is 26.2 Å². The first-order valence-corrected chi connectivity index (χ1v) is 8.91. The zero-order valence-corrected chi connectivity index (χ0v) is 14.8. The van der Waals surface area contributed by atoms with Crippen molar-refractivity contribution >= 4 is 11.6 Å². The highest BCUT2D eigenvalue weighted by molar-refractivity contribution is 6.30. The quantitative estimate of drug-likeness (QED) is 0.849. The van der Waals surface area contributed by atoms with E-state index in [1.54, 1.807) is 13.2 Å². The summed E-state index contributed by atoms with van der Waals surface area (Å²) in [5, 5.41) is 9.12. The molecule has 1 N–H and O–H groups in total. The third-order valence-corrected chi connectivity index (χ3v) is 5.77. The summed E-state index contributed by atoms with van der Waals surface area (Å²) in [6.07, 6.45) is 3.91. The maximum atomic E-state index is 13.7. The first-order chi connectivity index (χ1) is 11.6. The Morgan fingerprint density at radius 3 is 2.96 bits per heavy atom. The minimum absolute atomic E-state index is 0.0460. The monoisotopic (exact) mass is 357 g/mol. The highest BCUT2D eigenvalue weighted by atomic mass is 35.5. The fraction of sp³-hybridized carbons (Fsp3) is 0.667. The predicted octanol–water partition coefficient (Wildman–Crippen LogP) is 3.00. The summed E-state index contributed by atoms with van der Waals surface area (Å²) in [6, 6.07) is 5.25. The molecule has 0 spiro atoms. The van der Waals surface area contributed by atoms with Crippen LogP contribution in [0.3, 0.4) is 0 Å². The van der Waals surface area contributed by atoms with Crippen molar-refractivity contribution in [2.24, 2.45) is 0 Å². The first-order valence-electron chi connectivity index (χ1n) is 8.53. The van der Waals surface area contributed by atoms with Crippen LogP contribution in [0, 0.1) is 5.82 Å². The Morgan fingerprint density at radius 2 is 2.25 bits per heavy atom. The van der Waals surface area contributed by atoms with E-state index >= 15 is 0 Å². The maximum absolute atomic E-state index is 13.7. The van der Waals surface area contributed by atoms with Crippen LogP contribution in [0.25, 0.3) is 0 Å². The highest BCUT2D eigenvalue weighted by Crippen LogP contribution is 2.43. The van der Waals surface area contributed by atoms with Gasteiger partial charge in [-0.2, -0.15) is 0 Å². The largest absolute Gasteiger partial charge is 0.394 e. The Hall–Kier alpha value is -0.720. The van der Waals surface area contributed by atoms with Crippen molar-refractivity contribution < 1.29 is 19.0 Å². The van der Waals surface area contributed by atoms with Gasteiger partial charge >= 0.3 is 0 Å². The van der Waals surface area contributed by atoms with Crippen LogP contribution < -0.4 is 0 Å². The molecule has 1 saturated heterocycles. The van der Waals surface area contributed by atoms with Crippen LogP contribution in [0.5, 0.6) is 0 Å². The zero-order chi connectivity index (χ0) is 17.2. The van der Waals surface area contributed by atoms with Crippen LogP contribution in [0.4, 0.5) is 4.39 Å². The number of hydrogen-bond donors (Lipinski definition) is 1. The molecular formula is C18H25ClFNO3. The smallest absolute Gasteiger partial charge is 0.142 e. The van der Waals surface area contributed by atoms with Gasteiger partial charge in [-0.1, -0.05) is 17.7 Å². The number of ether oxygens (including phenoxy) is 2. The second kappa shape index (κ2) is 7.67. The van der Waals surface area contributed by atoms with E-state index < -0.39 is 0 Å². The molecule has 1 aromatic carbocycles. The number of aliphatic hydroxyl groups excluding tert-OH is 1. The molecule has 1 aliphatic carbocycles. The average molecular weight is 358 g/mol.